The van der Waals surface area contributed by atoms with Gasteiger partial charge in [-0.3, -0.25) is 14.4 Å². The Morgan fingerprint density at radius 1 is 0.875 bits per heavy atom. The lowest BCUT2D eigenvalue weighted by Crippen LogP contribution is -2.58. The van der Waals surface area contributed by atoms with Gasteiger partial charge in [-0.25, -0.2) is 4.79 Å². The molecule has 11 heteroatoms. The van der Waals surface area contributed by atoms with Gasteiger partial charge in [0.15, 0.2) is 0 Å². The highest BCUT2D eigenvalue weighted by Crippen LogP contribution is 2.06. The standard InChI is InChI=1S/C21H32N4O5S2/c1-12(2)8-14(22)18(26)24-16(10-31)20(28)23-15(9-13-6-4-3-5-7-13)19(27)25-17(11-32)21(29)30/h3-7,12,14-17,31-32H,8-11,22H2,1-2H3,(H,23,28)(H,24,26)(H,25,27)(H,29,30). The number of hydrogen-bond acceptors (Lipinski definition) is 7. The molecule has 0 bridgehead atoms. The first-order valence-corrected chi connectivity index (χ1v) is 11.5. The highest BCUT2D eigenvalue weighted by Gasteiger charge is 2.29. The fourth-order valence-electron chi connectivity index (χ4n) is 2.88. The molecular weight excluding hydrogens is 452 g/mol. The van der Waals surface area contributed by atoms with E-state index in [1.165, 1.54) is 0 Å². The molecule has 1 aromatic carbocycles. The van der Waals surface area contributed by atoms with Crippen LogP contribution in [-0.4, -0.2) is 64.5 Å². The Balaban J connectivity index is 2.95. The van der Waals surface area contributed by atoms with E-state index in [0.717, 1.165) is 5.56 Å². The van der Waals surface area contributed by atoms with Crippen LogP contribution in [0.4, 0.5) is 0 Å². The summed E-state index contributed by atoms with van der Waals surface area (Å²) in [5.74, 6) is -2.96. The van der Waals surface area contributed by atoms with Crippen LogP contribution in [0.25, 0.3) is 0 Å². The number of nitrogens with one attached hydrogen (secondary N) is 3. The van der Waals surface area contributed by atoms with E-state index in [1.807, 2.05) is 19.9 Å². The third kappa shape index (κ3) is 9.49. The Kier molecular flexibility index (Phi) is 12.2. The molecule has 0 radical (unpaired) electrons. The summed E-state index contributed by atoms with van der Waals surface area (Å²) in [5, 5.41) is 16.7. The quantitative estimate of drug-likeness (QED) is 0.196. The van der Waals surface area contributed by atoms with Crippen LogP contribution in [0.2, 0.25) is 0 Å². The van der Waals surface area contributed by atoms with Gasteiger partial charge >= 0.3 is 5.97 Å². The Morgan fingerprint density at radius 3 is 1.88 bits per heavy atom. The summed E-state index contributed by atoms with van der Waals surface area (Å²) in [7, 11) is 0. The summed E-state index contributed by atoms with van der Waals surface area (Å²) >= 11 is 8.08. The van der Waals surface area contributed by atoms with E-state index in [-0.39, 0.29) is 23.8 Å². The van der Waals surface area contributed by atoms with Gasteiger partial charge in [0.2, 0.25) is 17.7 Å². The zero-order chi connectivity index (χ0) is 24.3. The van der Waals surface area contributed by atoms with Crippen molar-refractivity contribution in [3.63, 3.8) is 0 Å². The number of nitrogens with two attached hydrogens (primary N) is 1. The van der Waals surface area contributed by atoms with Crippen molar-refractivity contribution < 1.29 is 24.3 Å². The van der Waals surface area contributed by atoms with Crippen LogP contribution in [0.15, 0.2) is 30.3 Å². The molecule has 0 fully saturated rings. The van der Waals surface area contributed by atoms with Crippen molar-refractivity contribution in [3.8, 4) is 0 Å². The Hall–Kier alpha value is -2.24. The van der Waals surface area contributed by atoms with E-state index in [2.05, 4.69) is 41.2 Å². The maximum Gasteiger partial charge on any atom is 0.327 e. The second-order valence-electron chi connectivity index (χ2n) is 7.81. The van der Waals surface area contributed by atoms with Gasteiger partial charge < -0.3 is 26.8 Å². The van der Waals surface area contributed by atoms with Crippen LogP contribution in [-0.2, 0) is 25.6 Å². The molecule has 1 aromatic rings. The van der Waals surface area contributed by atoms with E-state index in [0.29, 0.717) is 6.42 Å². The second kappa shape index (κ2) is 14.0. The first-order chi connectivity index (χ1) is 15.1. The number of thiol groups is 2. The van der Waals surface area contributed by atoms with Gasteiger partial charge in [-0.1, -0.05) is 44.2 Å². The lowest BCUT2D eigenvalue weighted by Gasteiger charge is -2.24. The molecule has 9 nitrogen and oxygen atoms in total. The fraction of sp³-hybridized carbons (Fsp3) is 0.524. The fourth-order valence-corrected chi connectivity index (χ4v) is 3.38. The number of carbonyl (C=O) groups excluding carboxylic acids is 3. The first-order valence-electron chi connectivity index (χ1n) is 10.2. The molecule has 0 aromatic heterocycles. The number of hydrogen-bond donors (Lipinski definition) is 7. The van der Waals surface area contributed by atoms with Gasteiger partial charge in [-0.05, 0) is 17.9 Å². The molecule has 178 valence electrons. The highest BCUT2D eigenvalue weighted by atomic mass is 32.1. The maximum atomic E-state index is 12.8. The topological polar surface area (TPSA) is 151 Å². The van der Waals surface area contributed by atoms with Crippen molar-refractivity contribution in [2.75, 3.05) is 11.5 Å². The minimum Gasteiger partial charge on any atom is -0.480 e. The molecule has 32 heavy (non-hydrogen) atoms. The number of carbonyl (C=O) groups is 4. The molecule has 0 spiro atoms. The Bertz CT molecular complexity index is 779. The second-order valence-corrected chi connectivity index (χ2v) is 8.54. The molecule has 0 aliphatic rings. The molecule has 3 amide bonds. The molecule has 1 rings (SSSR count). The molecular formula is C21H32N4O5S2. The average Bonchev–Trinajstić information content (AvgIpc) is 2.74. The predicted molar refractivity (Wildman–Crippen MR) is 129 cm³/mol. The summed E-state index contributed by atoms with van der Waals surface area (Å²) in [4.78, 5) is 49.2. The number of rotatable bonds is 13. The lowest BCUT2D eigenvalue weighted by molar-refractivity contribution is -0.141. The third-order valence-corrected chi connectivity index (χ3v) is 5.32. The van der Waals surface area contributed by atoms with Gasteiger partial charge in [-0.2, -0.15) is 25.3 Å². The molecule has 4 atom stereocenters. The summed E-state index contributed by atoms with van der Waals surface area (Å²) in [5.41, 5.74) is 6.64. The van der Waals surface area contributed by atoms with Crippen LogP contribution in [0.1, 0.15) is 25.8 Å². The smallest absolute Gasteiger partial charge is 0.327 e. The van der Waals surface area contributed by atoms with E-state index in [9.17, 15) is 24.3 Å². The van der Waals surface area contributed by atoms with Crippen LogP contribution in [0.3, 0.4) is 0 Å². The Labute approximate surface area is 199 Å². The van der Waals surface area contributed by atoms with Gasteiger partial charge in [0.25, 0.3) is 0 Å². The summed E-state index contributed by atoms with van der Waals surface area (Å²) in [6.07, 6.45) is 0.573. The molecule has 0 aliphatic carbocycles. The van der Waals surface area contributed by atoms with Crippen LogP contribution in [0, 0.1) is 5.92 Å². The summed E-state index contributed by atoms with van der Waals surface area (Å²) in [6.45, 7) is 3.86. The van der Waals surface area contributed by atoms with Gasteiger partial charge in [0, 0.05) is 17.9 Å². The van der Waals surface area contributed by atoms with Gasteiger partial charge in [0.05, 0.1) is 6.04 Å². The zero-order valence-electron chi connectivity index (χ0n) is 18.2. The molecule has 0 heterocycles. The normalized spacial score (nSPS) is 14.7. The molecule has 0 saturated carbocycles. The minimum absolute atomic E-state index is 0.0139. The lowest BCUT2D eigenvalue weighted by atomic mass is 10.0. The van der Waals surface area contributed by atoms with Gasteiger partial charge in [-0.15, -0.1) is 0 Å². The summed E-state index contributed by atoms with van der Waals surface area (Å²) in [6, 6.07) is 4.86. The third-order valence-electron chi connectivity index (χ3n) is 4.59. The van der Waals surface area contributed by atoms with Crippen molar-refractivity contribution in [1.29, 1.82) is 0 Å². The summed E-state index contributed by atoms with van der Waals surface area (Å²) < 4.78 is 0. The largest absolute Gasteiger partial charge is 0.480 e. The molecule has 0 saturated heterocycles. The van der Waals surface area contributed by atoms with Crippen LogP contribution < -0.4 is 21.7 Å². The van der Waals surface area contributed by atoms with Crippen LogP contribution >= 0.6 is 25.3 Å². The first kappa shape index (κ1) is 27.8. The van der Waals surface area contributed by atoms with E-state index >= 15 is 0 Å². The number of carboxylic acid groups (broad SMARTS) is 1. The van der Waals surface area contributed by atoms with E-state index in [4.69, 9.17) is 5.73 Å². The zero-order valence-corrected chi connectivity index (χ0v) is 19.9. The number of carboxylic acids is 1. The van der Waals surface area contributed by atoms with Crippen molar-refractivity contribution >= 4 is 48.9 Å². The molecule has 4 unspecified atom stereocenters. The SMILES string of the molecule is CC(C)CC(N)C(=O)NC(CS)C(=O)NC(Cc1ccccc1)C(=O)NC(CS)C(=O)O. The minimum atomic E-state index is -1.24. The van der Waals surface area contributed by atoms with Crippen LogP contribution in [0.5, 0.6) is 0 Å². The van der Waals surface area contributed by atoms with Crippen molar-refractivity contribution in [2.45, 2.75) is 50.9 Å². The Morgan fingerprint density at radius 2 is 1.38 bits per heavy atom. The van der Waals surface area contributed by atoms with Crippen molar-refractivity contribution in [1.82, 2.24) is 16.0 Å². The maximum absolute atomic E-state index is 12.8. The van der Waals surface area contributed by atoms with Crippen molar-refractivity contribution in [2.24, 2.45) is 11.7 Å². The molecule has 0 aliphatic heterocycles. The van der Waals surface area contributed by atoms with E-state index in [1.54, 1.807) is 24.3 Å². The number of benzene rings is 1. The highest BCUT2D eigenvalue weighted by molar-refractivity contribution is 7.80. The predicted octanol–water partition coefficient (Wildman–Crippen LogP) is 0.00110. The van der Waals surface area contributed by atoms with Crippen molar-refractivity contribution in [3.05, 3.63) is 35.9 Å². The van der Waals surface area contributed by atoms with E-state index < -0.39 is 47.9 Å². The monoisotopic (exact) mass is 484 g/mol. The number of aliphatic carboxylic acids is 1. The number of amides is 3. The molecule has 6 N–H and O–H groups in total. The van der Waals surface area contributed by atoms with Gasteiger partial charge in [0.1, 0.15) is 18.1 Å². The average molecular weight is 485 g/mol.